The zero-order chi connectivity index (χ0) is 15.9. The van der Waals surface area contributed by atoms with Crippen molar-refractivity contribution in [3.8, 4) is 0 Å². The van der Waals surface area contributed by atoms with Gasteiger partial charge in [0.05, 0.1) is 13.2 Å². The molecular formula is C16H32N2O3. The first-order valence-corrected chi connectivity index (χ1v) is 8.13. The van der Waals surface area contributed by atoms with Crippen molar-refractivity contribution >= 4 is 5.97 Å². The van der Waals surface area contributed by atoms with Crippen LogP contribution in [0.4, 0.5) is 0 Å². The number of hydrogen-bond acceptors (Lipinski definition) is 5. The molecule has 0 radical (unpaired) electrons. The maximum atomic E-state index is 12.6. The van der Waals surface area contributed by atoms with E-state index < -0.39 is 5.54 Å². The van der Waals surface area contributed by atoms with E-state index in [4.69, 9.17) is 9.47 Å². The number of nitrogens with one attached hydrogen (secondary N) is 1. The smallest absolute Gasteiger partial charge is 0.327 e. The van der Waals surface area contributed by atoms with Gasteiger partial charge in [-0.25, -0.2) is 4.79 Å². The van der Waals surface area contributed by atoms with E-state index in [1.165, 1.54) is 0 Å². The summed E-state index contributed by atoms with van der Waals surface area (Å²) >= 11 is 0. The second-order valence-corrected chi connectivity index (χ2v) is 6.11. The van der Waals surface area contributed by atoms with Crippen LogP contribution in [-0.4, -0.2) is 62.9 Å². The Labute approximate surface area is 129 Å². The second kappa shape index (κ2) is 8.71. The third-order valence-corrected chi connectivity index (χ3v) is 4.26. The molecule has 5 nitrogen and oxygen atoms in total. The summed E-state index contributed by atoms with van der Waals surface area (Å²) in [6, 6.07) is 0.269. The highest BCUT2D eigenvalue weighted by atomic mass is 16.5. The van der Waals surface area contributed by atoms with Gasteiger partial charge in [0.1, 0.15) is 5.54 Å². The summed E-state index contributed by atoms with van der Waals surface area (Å²) in [6.07, 6.45) is 3.20. The van der Waals surface area contributed by atoms with Crippen molar-refractivity contribution in [3.63, 3.8) is 0 Å². The van der Waals surface area contributed by atoms with E-state index in [1.807, 2.05) is 14.0 Å². The van der Waals surface area contributed by atoms with Crippen molar-refractivity contribution in [3.05, 3.63) is 0 Å². The summed E-state index contributed by atoms with van der Waals surface area (Å²) in [4.78, 5) is 14.8. The van der Waals surface area contributed by atoms with E-state index in [-0.39, 0.29) is 12.0 Å². The van der Waals surface area contributed by atoms with Crippen LogP contribution in [0.15, 0.2) is 0 Å². The van der Waals surface area contributed by atoms with E-state index in [0.717, 1.165) is 25.8 Å². The topological polar surface area (TPSA) is 50.8 Å². The Hall–Kier alpha value is -0.650. The first kappa shape index (κ1) is 18.4. The van der Waals surface area contributed by atoms with Crippen LogP contribution in [0.1, 0.15) is 40.0 Å². The molecule has 0 spiro atoms. The van der Waals surface area contributed by atoms with Gasteiger partial charge >= 0.3 is 5.97 Å². The van der Waals surface area contributed by atoms with Gasteiger partial charge in [0, 0.05) is 19.7 Å². The number of nitrogens with zero attached hydrogens (tertiary/aromatic N) is 1. The number of likely N-dealkylation sites (N-methyl/N-ethyl adjacent to an activating group) is 1. The first-order chi connectivity index (χ1) is 10.0. The lowest BCUT2D eigenvalue weighted by Gasteiger charge is -2.38. The minimum atomic E-state index is -0.567. The van der Waals surface area contributed by atoms with Crippen LogP contribution in [0.3, 0.4) is 0 Å². The minimum absolute atomic E-state index is 0.0996. The van der Waals surface area contributed by atoms with Crippen LogP contribution in [0.2, 0.25) is 0 Å². The Balaban J connectivity index is 2.85. The molecule has 1 aliphatic rings. The molecule has 0 bridgehead atoms. The maximum absolute atomic E-state index is 12.6. The van der Waals surface area contributed by atoms with Crippen molar-refractivity contribution in [2.45, 2.75) is 51.6 Å². The van der Waals surface area contributed by atoms with Crippen molar-refractivity contribution in [1.29, 1.82) is 0 Å². The van der Waals surface area contributed by atoms with Crippen LogP contribution in [0, 0.1) is 5.92 Å². The molecule has 0 aromatic rings. The third-order valence-electron chi connectivity index (χ3n) is 4.26. The summed E-state index contributed by atoms with van der Waals surface area (Å²) in [5.41, 5.74) is -0.567. The van der Waals surface area contributed by atoms with Gasteiger partial charge < -0.3 is 14.8 Å². The van der Waals surface area contributed by atoms with Gasteiger partial charge in [0.2, 0.25) is 0 Å². The highest BCUT2D eigenvalue weighted by Crippen LogP contribution is 2.41. The van der Waals surface area contributed by atoms with Gasteiger partial charge in [-0.3, -0.25) is 4.90 Å². The predicted molar refractivity (Wildman–Crippen MR) is 84.3 cm³/mol. The third kappa shape index (κ3) is 4.94. The number of methoxy groups -OCH3 is 1. The molecule has 124 valence electrons. The summed E-state index contributed by atoms with van der Waals surface area (Å²) in [6.45, 7) is 8.70. The Morgan fingerprint density at radius 1 is 1.43 bits per heavy atom. The van der Waals surface area contributed by atoms with Gasteiger partial charge in [0.25, 0.3) is 0 Å². The number of carbonyl (C=O) groups is 1. The van der Waals surface area contributed by atoms with Gasteiger partial charge in [-0.05, 0) is 52.6 Å². The lowest BCUT2D eigenvalue weighted by atomic mass is 9.91. The zero-order valence-electron chi connectivity index (χ0n) is 14.3. The molecule has 0 saturated heterocycles. The highest BCUT2D eigenvalue weighted by molar-refractivity contribution is 5.82. The lowest BCUT2D eigenvalue weighted by Crippen LogP contribution is -2.62. The van der Waals surface area contributed by atoms with E-state index >= 15 is 0 Å². The average molecular weight is 300 g/mol. The Morgan fingerprint density at radius 3 is 2.57 bits per heavy atom. The number of hydrogen-bond donors (Lipinski definition) is 1. The SMILES string of the molecule is CCCNC(CN(C)C(C)COC)(C(=O)OCC)C1CC1. The first-order valence-electron chi connectivity index (χ1n) is 8.13. The fraction of sp³-hybridized carbons (Fsp3) is 0.938. The molecule has 1 fully saturated rings. The molecular weight excluding hydrogens is 268 g/mol. The molecule has 0 aromatic carbocycles. The fourth-order valence-electron chi connectivity index (χ4n) is 2.73. The van der Waals surface area contributed by atoms with Crippen LogP contribution in [-0.2, 0) is 14.3 Å². The minimum Gasteiger partial charge on any atom is -0.465 e. The zero-order valence-corrected chi connectivity index (χ0v) is 14.3. The number of ether oxygens (including phenoxy) is 2. The Morgan fingerprint density at radius 2 is 2.10 bits per heavy atom. The average Bonchev–Trinajstić information content (AvgIpc) is 3.28. The van der Waals surface area contributed by atoms with E-state index in [1.54, 1.807) is 7.11 Å². The molecule has 0 heterocycles. The van der Waals surface area contributed by atoms with Gasteiger partial charge in [-0.1, -0.05) is 6.92 Å². The van der Waals surface area contributed by atoms with E-state index in [0.29, 0.717) is 25.7 Å². The fourth-order valence-corrected chi connectivity index (χ4v) is 2.73. The molecule has 21 heavy (non-hydrogen) atoms. The van der Waals surface area contributed by atoms with Crippen LogP contribution < -0.4 is 5.32 Å². The van der Waals surface area contributed by atoms with Crippen molar-refractivity contribution in [1.82, 2.24) is 10.2 Å². The summed E-state index contributed by atoms with van der Waals surface area (Å²) < 4.78 is 10.6. The van der Waals surface area contributed by atoms with Crippen molar-refractivity contribution in [2.75, 3.05) is 40.5 Å². The summed E-state index contributed by atoms with van der Waals surface area (Å²) in [5, 5.41) is 3.50. The number of rotatable bonds is 11. The van der Waals surface area contributed by atoms with Crippen LogP contribution in [0.5, 0.6) is 0 Å². The maximum Gasteiger partial charge on any atom is 0.327 e. The normalized spacial score (nSPS) is 19.3. The van der Waals surface area contributed by atoms with E-state index in [2.05, 4.69) is 24.1 Å². The molecule has 0 aromatic heterocycles. The Kier molecular flexibility index (Phi) is 7.63. The largest absolute Gasteiger partial charge is 0.465 e. The Bertz CT molecular complexity index is 321. The van der Waals surface area contributed by atoms with Gasteiger partial charge in [-0.2, -0.15) is 0 Å². The van der Waals surface area contributed by atoms with E-state index in [9.17, 15) is 4.79 Å². The van der Waals surface area contributed by atoms with Crippen molar-refractivity contribution < 1.29 is 14.3 Å². The molecule has 1 N–H and O–H groups in total. The lowest BCUT2D eigenvalue weighted by molar-refractivity contribution is -0.153. The van der Waals surface area contributed by atoms with Crippen molar-refractivity contribution in [2.24, 2.45) is 5.92 Å². The van der Waals surface area contributed by atoms with Gasteiger partial charge in [-0.15, -0.1) is 0 Å². The molecule has 2 unspecified atom stereocenters. The molecule has 0 amide bonds. The monoisotopic (exact) mass is 300 g/mol. The molecule has 1 rings (SSSR count). The van der Waals surface area contributed by atoms with Crippen LogP contribution >= 0.6 is 0 Å². The predicted octanol–water partition coefficient (Wildman–Crippen LogP) is 1.66. The quantitative estimate of drug-likeness (QED) is 0.588. The number of carbonyl (C=O) groups excluding carboxylic acids is 1. The molecule has 1 saturated carbocycles. The molecule has 1 aliphatic carbocycles. The molecule has 0 aliphatic heterocycles. The molecule has 5 heteroatoms. The summed E-state index contributed by atoms with van der Waals surface area (Å²) in [7, 11) is 3.76. The van der Waals surface area contributed by atoms with Crippen LogP contribution in [0.25, 0.3) is 0 Å². The molecule has 2 atom stereocenters. The number of esters is 1. The second-order valence-electron chi connectivity index (χ2n) is 6.11. The standard InChI is InChI=1S/C16H32N2O3/c1-6-10-17-16(14-8-9-14,15(19)21-7-2)12-18(4)13(3)11-20-5/h13-14,17H,6-12H2,1-5H3. The highest BCUT2D eigenvalue weighted by Gasteiger charge is 2.52. The summed E-state index contributed by atoms with van der Waals surface area (Å²) in [5.74, 6) is 0.290. The van der Waals surface area contributed by atoms with Gasteiger partial charge in [0.15, 0.2) is 0 Å².